The topological polar surface area (TPSA) is 159 Å². The Balaban J connectivity index is 1.08. The third kappa shape index (κ3) is 5.99. The van der Waals surface area contributed by atoms with Crippen LogP contribution in [0.15, 0.2) is 46.8 Å². The largest absolute Gasteiger partial charge is 0.393 e. The molecule has 0 aromatic carbocycles. The van der Waals surface area contributed by atoms with Gasteiger partial charge in [0.15, 0.2) is 5.82 Å². The second-order valence-electron chi connectivity index (χ2n) is 11.4. The van der Waals surface area contributed by atoms with Crippen molar-refractivity contribution in [1.29, 1.82) is 0 Å². The minimum atomic E-state index is -1.04. The molecule has 0 radical (unpaired) electrons. The highest BCUT2D eigenvalue weighted by Gasteiger charge is 2.47. The van der Waals surface area contributed by atoms with Crippen LogP contribution in [0.2, 0.25) is 5.02 Å². The highest BCUT2D eigenvalue weighted by atomic mass is 35.5. The summed E-state index contributed by atoms with van der Waals surface area (Å²) >= 11 is 8.17. The van der Waals surface area contributed by atoms with Crippen molar-refractivity contribution in [2.24, 2.45) is 11.1 Å². The number of rotatable bonds is 7. The maximum absolute atomic E-state index is 10.3. The van der Waals surface area contributed by atoms with E-state index in [0.29, 0.717) is 48.5 Å². The van der Waals surface area contributed by atoms with E-state index >= 15 is 0 Å². The molecular weight excluding hydrogens is 578 g/mol. The number of piperidine rings is 2. The Morgan fingerprint density at radius 2 is 1.79 bits per heavy atom. The lowest BCUT2D eigenvalue weighted by Gasteiger charge is -2.41. The number of pyridine rings is 1. The van der Waals surface area contributed by atoms with Crippen LogP contribution in [0, 0.1) is 5.41 Å². The molecule has 0 unspecified atom stereocenters. The zero-order valence-corrected chi connectivity index (χ0v) is 25.1. The van der Waals surface area contributed by atoms with E-state index in [0.717, 1.165) is 48.3 Å². The molecule has 14 heteroatoms. The second-order valence-corrected chi connectivity index (χ2v) is 12.9. The van der Waals surface area contributed by atoms with Gasteiger partial charge in [0.05, 0.1) is 42.3 Å². The molecule has 6 heterocycles. The monoisotopic (exact) mass is 613 g/mol. The number of hydrogen-bond donors (Lipinski definition) is 4. The van der Waals surface area contributed by atoms with Crippen molar-refractivity contribution < 1.29 is 14.9 Å². The van der Waals surface area contributed by atoms with Gasteiger partial charge in [-0.3, -0.25) is 0 Å². The predicted octanol–water partition coefficient (Wildman–Crippen LogP) is 2.87. The first kappa shape index (κ1) is 29.3. The molecule has 1 spiro atoms. The Morgan fingerprint density at radius 1 is 1.05 bits per heavy atom. The maximum atomic E-state index is 10.3. The van der Waals surface area contributed by atoms with Crippen LogP contribution in [-0.4, -0.2) is 92.3 Å². The average Bonchev–Trinajstić information content (AvgIpc) is 3.29. The Morgan fingerprint density at radius 3 is 2.45 bits per heavy atom. The van der Waals surface area contributed by atoms with Gasteiger partial charge in [-0.1, -0.05) is 23.4 Å². The molecule has 3 saturated heterocycles. The standard InChI is InChI=1S/C28H36ClN9O3S/c1-18-24(30)27(17-41-18)4-10-37(11-5-27)21-14-34-22(15-33-21)42-19-2-8-31-25(23(19)29)35-20-3-9-32-26(36-20)38-12-6-28(40,16-39)7-13-38/h2-3,8-9,14-15,18,24,39-40H,4-7,10-13,16-17,30H2,1H3,(H,31,32,35,36)/t18-,24+/m0/s1. The fourth-order valence-electron chi connectivity index (χ4n) is 5.86. The van der Waals surface area contributed by atoms with E-state index in [9.17, 15) is 10.2 Å². The molecule has 42 heavy (non-hydrogen) atoms. The molecular formula is C28H36ClN9O3S. The van der Waals surface area contributed by atoms with Gasteiger partial charge in [-0.25, -0.2) is 19.9 Å². The van der Waals surface area contributed by atoms with Gasteiger partial charge in [-0.2, -0.15) is 4.98 Å². The van der Waals surface area contributed by atoms with Crippen molar-refractivity contribution in [2.75, 3.05) is 54.5 Å². The fraction of sp³-hybridized carbons (Fsp3) is 0.536. The zero-order chi connectivity index (χ0) is 29.3. The van der Waals surface area contributed by atoms with Crippen LogP contribution in [0.3, 0.4) is 0 Å². The number of nitrogens with two attached hydrogens (primary N) is 1. The van der Waals surface area contributed by atoms with Crippen LogP contribution in [0.5, 0.6) is 0 Å². The van der Waals surface area contributed by atoms with Crippen LogP contribution in [0.1, 0.15) is 32.6 Å². The number of ether oxygens (including phenoxy) is 1. The highest BCUT2D eigenvalue weighted by molar-refractivity contribution is 7.99. The molecule has 0 saturated carbocycles. The van der Waals surface area contributed by atoms with Gasteiger partial charge in [0.2, 0.25) is 5.95 Å². The smallest absolute Gasteiger partial charge is 0.227 e. The van der Waals surface area contributed by atoms with Crippen molar-refractivity contribution in [3.63, 3.8) is 0 Å². The Hall–Kier alpha value is -2.81. The van der Waals surface area contributed by atoms with Crippen LogP contribution >= 0.6 is 23.4 Å². The predicted molar refractivity (Wildman–Crippen MR) is 161 cm³/mol. The van der Waals surface area contributed by atoms with Crippen molar-refractivity contribution in [2.45, 2.75) is 60.3 Å². The number of nitrogens with one attached hydrogen (secondary N) is 1. The number of aliphatic hydroxyl groups is 2. The van der Waals surface area contributed by atoms with Crippen molar-refractivity contribution in [1.82, 2.24) is 24.9 Å². The number of halogens is 1. The molecule has 0 aliphatic carbocycles. The summed E-state index contributed by atoms with van der Waals surface area (Å²) in [6.45, 7) is 5.40. The Labute approximate surface area is 254 Å². The van der Waals surface area contributed by atoms with Crippen LogP contribution in [0.25, 0.3) is 0 Å². The number of aliphatic hydroxyl groups excluding tert-OH is 1. The lowest BCUT2D eigenvalue weighted by atomic mass is 9.73. The molecule has 0 amide bonds. The maximum Gasteiger partial charge on any atom is 0.227 e. The van der Waals surface area contributed by atoms with Crippen LogP contribution in [-0.2, 0) is 4.74 Å². The van der Waals surface area contributed by atoms with Gasteiger partial charge in [-0.15, -0.1) is 0 Å². The van der Waals surface area contributed by atoms with Crippen LogP contribution in [0.4, 0.5) is 23.4 Å². The van der Waals surface area contributed by atoms with E-state index in [1.165, 1.54) is 11.8 Å². The molecule has 3 aromatic heterocycles. The summed E-state index contributed by atoms with van der Waals surface area (Å²) in [6.07, 6.45) is 9.91. The lowest BCUT2D eigenvalue weighted by Crippen LogP contribution is -2.50. The van der Waals surface area contributed by atoms with E-state index < -0.39 is 5.60 Å². The number of hydrogen-bond acceptors (Lipinski definition) is 13. The second kappa shape index (κ2) is 12.1. The van der Waals surface area contributed by atoms with E-state index in [1.54, 1.807) is 24.7 Å². The molecule has 3 aliphatic heterocycles. The average molecular weight is 614 g/mol. The van der Waals surface area contributed by atoms with E-state index in [1.807, 2.05) is 17.2 Å². The normalized spacial score (nSPS) is 23.4. The van der Waals surface area contributed by atoms with Gasteiger partial charge >= 0.3 is 0 Å². The van der Waals surface area contributed by atoms with Gasteiger partial charge < -0.3 is 35.8 Å². The summed E-state index contributed by atoms with van der Waals surface area (Å²) < 4.78 is 5.85. The summed E-state index contributed by atoms with van der Waals surface area (Å²) in [7, 11) is 0. The highest BCUT2D eigenvalue weighted by Crippen LogP contribution is 2.42. The van der Waals surface area contributed by atoms with Crippen molar-refractivity contribution in [3.05, 3.63) is 41.9 Å². The SMILES string of the molecule is C[C@@H]1OCC2(CCN(c3cnc(Sc4ccnc(Nc5ccnc(N6CCC(O)(CO)CC6)n5)c4Cl)cn3)CC2)[C@@H]1N. The van der Waals surface area contributed by atoms with Crippen molar-refractivity contribution >= 4 is 46.8 Å². The zero-order valence-electron chi connectivity index (χ0n) is 23.5. The fourth-order valence-corrected chi connectivity index (χ4v) is 6.88. The summed E-state index contributed by atoms with van der Waals surface area (Å²) in [6, 6.07) is 3.67. The molecule has 224 valence electrons. The summed E-state index contributed by atoms with van der Waals surface area (Å²) in [5.74, 6) is 2.41. The quantitative estimate of drug-likeness (QED) is 0.308. The number of anilines is 4. The van der Waals surface area contributed by atoms with Crippen LogP contribution < -0.4 is 20.9 Å². The third-order valence-corrected chi connectivity index (χ3v) is 10.2. The van der Waals surface area contributed by atoms with Gasteiger partial charge in [0.1, 0.15) is 16.7 Å². The molecule has 2 atom stereocenters. The molecule has 6 rings (SSSR count). The summed E-state index contributed by atoms with van der Waals surface area (Å²) in [5.41, 5.74) is 5.49. The molecule has 5 N–H and O–H groups in total. The molecule has 3 aromatic rings. The first-order chi connectivity index (χ1) is 20.3. The molecule has 12 nitrogen and oxygen atoms in total. The lowest BCUT2D eigenvalue weighted by molar-refractivity contribution is -0.0327. The molecule has 3 fully saturated rings. The molecule has 3 aliphatic rings. The Kier molecular flexibility index (Phi) is 8.40. The van der Waals surface area contributed by atoms with E-state index in [-0.39, 0.29) is 24.2 Å². The Bertz CT molecular complexity index is 1390. The number of aromatic nitrogens is 5. The van der Waals surface area contributed by atoms with E-state index in [2.05, 4.69) is 37.1 Å². The number of nitrogens with zero attached hydrogens (tertiary/aromatic N) is 7. The van der Waals surface area contributed by atoms with Gasteiger partial charge in [-0.05, 0) is 44.7 Å². The summed E-state index contributed by atoms with van der Waals surface area (Å²) in [4.78, 5) is 27.8. The van der Waals surface area contributed by atoms with Crippen molar-refractivity contribution in [3.8, 4) is 0 Å². The minimum Gasteiger partial charge on any atom is -0.393 e. The van der Waals surface area contributed by atoms with E-state index in [4.69, 9.17) is 27.1 Å². The molecule has 0 bridgehead atoms. The first-order valence-corrected chi connectivity index (χ1v) is 15.4. The van der Waals surface area contributed by atoms with Gasteiger partial charge in [0, 0.05) is 54.9 Å². The first-order valence-electron chi connectivity index (χ1n) is 14.2. The third-order valence-electron chi connectivity index (χ3n) is 8.77. The van der Waals surface area contributed by atoms with Gasteiger partial charge in [0.25, 0.3) is 0 Å². The summed E-state index contributed by atoms with van der Waals surface area (Å²) in [5, 5.41) is 24.1. The minimum absolute atomic E-state index is 0.0666.